The summed E-state index contributed by atoms with van der Waals surface area (Å²) in [5.74, 6) is 2.57. The first-order chi connectivity index (χ1) is 19.5. The third kappa shape index (κ3) is 5.71. The highest BCUT2D eigenvalue weighted by Crippen LogP contribution is 2.68. The molecule has 0 saturated heterocycles. The van der Waals surface area contributed by atoms with Gasteiger partial charge in [-0.25, -0.2) is 0 Å². The van der Waals surface area contributed by atoms with Crippen LogP contribution in [0.5, 0.6) is 0 Å². The van der Waals surface area contributed by atoms with Crippen LogP contribution in [0.2, 0.25) is 0 Å². The molecule has 0 radical (unpaired) electrons. The van der Waals surface area contributed by atoms with Gasteiger partial charge in [0.2, 0.25) is 0 Å². The summed E-state index contributed by atoms with van der Waals surface area (Å²) in [6.07, 6.45) is 6.48. The zero-order valence-corrected chi connectivity index (χ0v) is 27.2. The lowest BCUT2D eigenvalue weighted by Gasteiger charge is -2.60. The van der Waals surface area contributed by atoms with E-state index in [0.29, 0.717) is 41.7 Å². The van der Waals surface area contributed by atoms with E-state index in [9.17, 15) is 14.4 Å². The zero-order chi connectivity index (χ0) is 29.5. The monoisotopic (exact) mass is 621 g/mol. The van der Waals surface area contributed by atoms with Gasteiger partial charge in [-0.05, 0) is 98.8 Å². The molecule has 0 amide bonds. The minimum atomic E-state index is -0.597. The molecule has 4 saturated carbocycles. The van der Waals surface area contributed by atoms with Gasteiger partial charge in [-0.2, -0.15) is 0 Å². The number of hydrogen-bond acceptors (Lipinski definition) is 6. The highest BCUT2D eigenvalue weighted by Gasteiger charge is 2.66. The fourth-order valence-corrected chi connectivity index (χ4v) is 11.5. The molecule has 4 aliphatic rings. The lowest BCUT2D eigenvalue weighted by molar-refractivity contribution is -0.167. The van der Waals surface area contributed by atoms with Gasteiger partial charge in [0.15, 0.2) is 0 Å². The van der Waals surface area contributed by atoms with E-state index in [2.05, 4.69) is 43.0 Å². The number of halogens is 2. The number of ketones is 2. The normalized spacial score (nSPS) is 38.0. The lowest BCUT2D eigenvalue weighted by Crippen LogP contribution is -2.57. The van der Waals surface area contributed by atoms with Gasteiger partial charge in [-0.15, -0.1) is 35.0 Å². The molecule has 1 aromatic rings. The van der Waals surface area contributed by atoms with E-state index in [0.717, 1.165) is 62.2 Å². The van der Waals surface area contributed by atoms with Gasteiger partial charge in [0, 0.05) is 65.4 Å². The minimum Gasteiger partial charge on any atom is -0.463 e. The molecule has 9 unspecified atom stereocenters. The lowest BCUT2D eigenvalue weighted by atomic mass is 9.44. The van der Waals surface area contributed by atoms with Crippen molar-refractivity contribution in [1.29, 1.82) is 0 Å². The first kappa shape index (κ1) is 31.2. The molecule has 0 aromatic heterocycles. The number of hydrogen-bond donors (Lipinski definition) is 0. The number of carbonyl (C=O) groups is 3. The predicted octanol–water partition coefficient (Wildman–Crippen LogP) is 7.40. The molecule has 0 bridgehead atoms. The second kappa shape index (κ2) is 12.4. The third-order valence-corrected chi connectivity index (χ3v) is 13.1. The summed E-state index contributed by atoms with van der Waals surface area (Å²) in [6.45, 7) is 9.19. The molecule has 4 aliphatic carbocycles. The van der Waals surface area contributed by atoms with Crippen LogP contribution in [0, 0.1) is 40.4 Å². The Bertz CT molecular complexity index is 1140. The molecule has 4 fully saturated rings. The topological polar surface area (TPSA) is 63.7 Å². The SMILES string of the molecule is CC(=O)OC1CCC2(C)C(CCC3C2CC(=O)C2(C)C3CC(Sc3ccc(N(CCCl)CCCl)cc3)C2C(C)=O)C1. The highest BCUT2D eigenvalue weighted by atomic mass is 35.5. The van der Waals surface area contributed by atoms with Crippen LogP contribution in [0.1, 0.15) is 72.6 Å². The third-order valence-electron chi connectivity index (χ3n) is 11.5. The molecule has 5 rings (SSSR count). The van der Waals surface area contributed by atoms with Gasteiger partial charge in [0.05, 0.1) is 0 Å². The van der Waals surface area contributed by atoms with Crippen molar-refractivity contribution in [1.82, 2.24) is 0 Å². The Hall–Kier alpha value is -1.24. The van der Waals surface area contributed by atoms with Gasteiger partial charge in [0.25, 0.3) is 0 Å². The van der Waals surface area contributed by atoms with Crippen molar-refractivity contribution < 1.29 is 19.1 Å². The number of thioether (sulfide) groups is 1. The number of alkyl halides is 2. The standard InChI is InChI=1S/C33H45Cl2NO4S/c1-20(37)31-29(41-25-8-6-23(7-9-25)36(15-13-34)16-14-35)18-28-26-10-5-22-17-24(40-21(2)38)11-12-32(22,3)27(26)19-30(39)33(28,31)4/h6-9,22,24,26-29,31H,5,10-19H2,1-4H3. The van der Waals surface area contributed by atoms with Gasteiger partial charge in [-0.1, -0.05) is 13.8 Å². The molecule has 0 N–H and O–H groups in total. The molecule has 9 atom stereocenters. The Morgan fingerprint density at radius 3 is 2.29 bits per heavy atom. The van der Waals surface area contributed by atoms with Crippen molar-refractivity contribution in [3.8, 4) is 0 Å². The first-order valence-corrected chi connectivity index (χ1v) is 17.3. The molecule has 5 nitrogen and oxygen atoms in total. The van der Waals surface area contributed by atoms with Crippen molar-refractivity contribution in [2.24, 2.45) is 40.4 Å². The van der Waals surface area contributed by atoms with Gasteiger partial charge in [-0.3, -0.25) is 14.4 Å². The van der Waals surface area contributed by atoms with E-state index in [1.807, 2.05) is 0 Å². The van der Waals surface area contributed by atoms with Crippen molar-refractivity contribution in [3.63, 3.8) is 0 Å². The van der Waals surface area contributed by atoms with Crippen LogP contribution in [-0.2, 0) is 19.1 Å². The molecular weight excluding hydrogens is 577 g/mol. The van der Waals surface area contributed by atoms with Crippen molar-refractivity contribution in [2.75, 3.05) is 29.7 Å². The van der Waals surface area contributed by atoms with Crippen LogP contribution >= 0.6 is 35.0 Å². The fraction of sp³-hybridized carbons (Fsp3) is 0.727. The smallest absolute Gasteiger partial charge is 0.302 e. The van der Waals surface area contributed by atoms with Crippen LogP contribution in [0.3, 0.4) is 0 Å². The minimum absolute atomic E-state index is 0.00405. The number of benzene rings is 1. The molecule has 41 heavy (non-hydrogen) atoms. The summed E-state index contributed by atoms with van der Waals surface area (Å²) < 4.78 is 5.62. The maximum absolute atomic E-state index is 14.2. The van der Waals surface area contributed by atoms with E-state index in [-0.39, 0.29) is 40.4 Å². The van der Waals surface area contributed by atoms with E-state index in [1.165, 1.54) is 6.92 Å². The number of anilines is 1. The number of fused-ring (bicyclic) bond motifs is 5. The van der Waals surface area contributed by atoms with E-state index < -0.39 is 5.41 Å². The molecule has 0 aliphatic heterocycles. The molecule has 0 spiro atoms. The number of Topliss-reactive ketones (excluding diaryl/α,β-unsaturated/α-hetero) is 2. The summed E-state index contributed by atoms with van der Waals surface area (Å²) in [6, 6.07) is 8.50. The maximum atomic E-state index is 14.2. The summed E-state index contributed by atoms with van der Waals surface area (Å²) in [7, 11) is 0. The Labute approximate surface area is 259 Å². The van der Waals surface area contributed by atoms with Crippen molar-refractivity contribution in [2.45, 2.75) is 88.9 Å². The highest BCUT2D eigenvalue weighted by molar-refractivity contribution is 8.00. The summed E-state index contributed by atoms with van der Waals surface area (Å²) in [5.41, 5.74) is 0.582. The largest absolute Gasteiger partial charge is 0.463 e. The Morgan fingerprint density at radius 1 is 1.00 bits per heavy atom. The fourth-order valence-electron chi connectivity index (χ4n) is 9.56. The van der Waals surface area contributed by atoms with Crippen LogP contribution < -0.4 is 4.90 Å². The Kier molecular flexibility index (Phi) is 9.43. The van der Waals surface area contributed by atoms with Crippen LogP contribution in [-0.4, -0.2) is 53.7 Å². The predicted molar refractivity (Wildman–Crippen MR) is 167 cm³/mol. The number of rotatable bonds is 9. The number of carbonyl (C=O) groups excluding carboxylic acids is 3. The molecule has 1 aromatic carbocycles. The molecule has 0 heterocycles. The Morgan fingerprint density at radius 2 is 1.68 bits per heavy atom. The number of nitrogens with zero attached hydrogens (tertiary/aromatic N) is 1. The summed E-state index contributed by atoms with van der Waals surface area (Å²) in [4.78, 5) is 42.4. The molecule has 226 valence electrons. The second-order valence-corrected chi connectivity index (χ2v) is 15.5. The van der Waals surface area contributed by atoms with E-state index in [1.54, 1.807) is 18.7 Å². The van der Waals surface area contributed by atoms with Gasteiger partial charge >= 0.3 is 5.97 Å². The van der Waals surface area contributed by atoms with E-state index >= 15 is 0 Å². The summed E-state index contributed by atoms with van der Waals surface area (Å²) >= 11 is 13.8. The molecule has 8 heteroatoms. The van der Waals surface area contributed by atoms with Crippen LogP contribution in [0.4, 0.5) is 5.69 Å². The van der Waals surface area contributed by atoms with Gasteiger partial charge < -0.3 is 9.64 Å². The van der Waals surface area contributed by atoms with Crippen LogP contribution in [0.15, 0.2) is 29.2 Å². The van der Waals surface area contributed by atoms with Crippen LogP contribution in [0.25, 0.3) is 0 Å². The average Bonchev–Trinajstić information content (AvgIpc) is 3.23. The van der Waals surface area contributed by atoms with Crippen molar-refractivity contribution in [3.05, 3.63) is 24.3 Å². The number of esters is 1. The second-order valence-electron chi connectivity index (χ2n) is 13.4. The number of ether oxygens (including phenoxy) is 1. The quantitative estimate of drug-likeness (QED) is 0.211. The molecular formula is C33H45Cl2NO4S. The maximum Gasteiger partial charge on any atom is 0.302 e. The van der Waals surface area contributed by atoms with E-state index in [4.69, 9.17) is 27.9 Å². The zero-order valence-electron chi connectivity index (χ0n) is 24.9. The Balaban J connectivity index is 1.37. The first-order valence-electron chi connectivity index (χ1n) is 15.4. The van der Waals surface area contributed by atoms with Gasteiger partial charge in [0.1, 0.15) is 17.7 Å². The van der Waals surface area contributed by atoms with Crippen molar-refractivity contribution >= 4 is 58.2 Å². The average molecular weight is 623 g/mol. The summed E-state index contributed by atoms with van der Waals surface area (Å²) in [5, 5.41) is 0.0862.